The molecule has 5 fully saturated rings. The summed E-state index contributed by atoms with van der Waals surface area (Å²) in [5.74, 6) is 0.585. The van der Waals surface area contributed by atoms with Crippen LogP contribution < -0.4 is 26.3 Å². The second kappa shape index (κ2) is 8.79. The van der Waals surface area contributed by atoms with Gasteiger partial charge in [0.1, 0.15) is 5.25 Å². The molecule has 0 radical (unpaired) electrons. The number of sulfonamides is 1. The van der Waals surface area contributed by atoms with E-state index >= 15 is 0 Å². The van der Waals surface area contributed by atoms with Crippen LogP contribution in [-0.2, 0) is 10.0 Å². The lowest BCUT2D eigenvalue weighted by molar-refractivity contribution is -0.0468. The van der Waals surface area contributed by atoms with Crippen LogP contribution in [0.25, 0.3) is 0 Å². The van der Waals surface area contributed by atoms with E-state index in [1.54, 1.807) is 0 Å². The molecular weight excluding hydrogens is 416 g/mol. The van der Waals surface area contributed by atoms with Crippen molar-refractivity contribution < 1.29 is 13.5 Å². The van der Waals surface area contributed by atoms with Crippen molar-refractivity contribution >= 4 is 10.0 Å². The van der Waals surface area contributed by atoms with Crippen LogP contribution in [0.15, 0.2) is 0 Å². The molecule has 0 aromatic heterocycles. The Bertz CT molecular complexity index is 743. The minimum absolute atomic E-state index is 0.0101. The van der Waals surface area contributed by atoms with Crippen molar-refractivity contribution in [3.63, 3.8) is 0 Å². The normalized spacial score (nSPS) is 43.9. The molecule has 2 aliphatic carbocycles. The zero-order chi connectivity index (χ0) is 21.6. The third-order valence-electron chi connectivity index (χ3n) is 8.70. The Hall–Kier alpha value is -0.330. The van der Waals surface area contributed by atoms with E-state index in [-0.39, 0.29) is 18.2 Å². The molecule has 0 spiro atoms. The van der Waals surface area contributed by atoms with Crippen molar-refractivity contribution in [3.8, 4) is 0 Å². The summed E-state index contributed by atoms with van der Waals surface area (Å²) in [5.41, 5.74) is 9.45. The number of piperidine rings is 1. The highest BCUT2D eigenvalue weighted by Crippen LogP contribution is 2.41. The van der Waals surface area contributed by atoms with Gasteiger partial charge in [0, 0.05) is 37.1 Å². The quantitative estimate of drug-likeness (QED) is 0.336. The molecule has 10 heteroatoms. The first-order valence-corrected chi connectivity index (χ1v) is 13.9. The molecular formula is C21H40N6O3S. The molecule has 7 atom stereocenters. The summed E-state index contributed by atoms with van der Waals surface area (Å²) in [6.07, 6.45) is 9.03. The third-order valence-corrected chi connectivity index (χ3v) is 10.5. The maximum absolute atomic E-state index is 13.3. The minimum atomic E-state index is -3.42. The molecule has 5 aliphatic rings. The van der Waals surface area contributed by atoms with Crippen LogP contribution in [0.3, 0.4) is 0 Å². The van der Waals surface area contributed by atoms with Crippen molar-refractivity contribution in [2.24, 2.45) is 11.8 Å². The molecule has 0 aromatic carbocycles. The maximum atomic E-state index is 13.3. The topological polar surface area (TPSA) is 118 Å². The van der Waals surface area contributed by atoms with Gasteiger partial charge < -0.3 is 10.4 Å². The van der Waals surface area contributed by atoms with Crippen LogP contribution >= 0.6 is 0 Å². The van der Waals surface area contributed by atoms with Crippen LogP contribution in [0.5, 0.6) is 0 Å². The molecule has 3 heterocycles. The summed E-state index contributed by atoms with van der Waals surface area (Å²) in [6.45, 7) is 3.92. The maximum Gasteiger partial charge on any atom is 0.217 e. The largest absolute Gasteiger partial charge is 0.390 e. The Morgan fingerprint density at radius 1 is 1.10 bits per heavy atom. The van der Waals surface area contributed by atoms with Gasteiger partial charge in [-0.05, 0) is 57.9 Å². The summed E-state index contributed by atoms with van der Waals surface area (Å²) >= 11 is 0. The number of nitrogens with one attached hydrogen (secondary N) is 5. The number of fused-ring (bicyclic) bond motifs is 1. The number of aliphatic hydroxyl groups is 1. The number of hydrazine groups is 2. The van der Waals surface area contributed by atoms with Crippen LogP contribution in [0, 0.1) is 11.8 Å². The van der Waals surface area contributed by atoms with E-state index in [2.05, 4.69) is 38.2 Å². The molecule has 0 aromatic rings. The molecule has 9 nitrogen and oxygen atoms in total. The Balaban J connectivity index is 1.20. The zero-order valence-corrected chi connectivity index (χ0v) is 19.5. The molecule has 6 N–H and O–H groups in total. The van der Waals surface area contributed by atoms with Gasteiger partial charge in [-0.2, -0.15) is 0 Å². The van der Waals surface area contributed by atoms with Crippen molar-refractivity contribution in [2.45, 2.75) is 99.9 Å². The Morgan fingerprint density at radius 2 is 1.90 bits per heavy atom. The number of hydrogen-bond acceptors (Lipinski definition) is 8. The highest BCUT2D eigenvalue weighted by atomic mass is 32.2. The van der Waals surface area contributed by atoms with Gasteiger partial charge in [0.15, 0.2) is 0 Å². The number of hydrogen-bond donors (Lipinski definition) is 6. The molecule has 5 rings (SSSR count). The van der Waals surface area contributed by atoms with Gasteiger partial charge in [-0.15, -0.1) is 0 Å². The average Bonchev–Trinajstić information content (AvgIpc) is 3.49. The van der Waals surface area contributed by atoms with Gasteiger partial charge in [-0.3, -0.25) is 16.3 Å². The fourth-order valence-electron chi connectivity index (χ4n) is 6.90. The Labute approximate surface area is 186 Å². The summed E-state index contributed by atoms with van der Waals surface area (Å²) in [4.78, 5) is 0. The summed E-state index contributed by atoms with van der Waals surface area (Å²) in [6, 6.07) is 0.601. The third kappa shape index (κ3) is 4.42. The van der Waals surface area contributed by atoms with Gasteiger partial charge in [-0.25, -0.2) is 18.1 Å². The van der Waals surface area contributed by atoms with Crippen LogP contribution in [0.2, 0.25) is 0 Å². The van der Waals surface area contributed by atoms with Gasteiger partial charge in [0.2, 0.25) is 10.0 Å². The minimum Gasteiger partial charge on any atom is -0.390 e. The highest BCUT2D eigenvalue weighted by Gasteiger charge is 2.46. The van der Waals surface area contributed by atoms with E-state index in [1.807, 2.05) is 0 Å². The first-order chi connectivity index (χ1) is 14.9. The highest BCUT2D eigenvalue weighted by molar-refractivity contribution is 7.90. The standard InChI is InChI=1S/C21H40N6O3S/c1-14-20-17(25-24-14)5-4-6-18(20)26-31(29,30)16-12-23-27(13-16)19-11-15(7-10-22-19)21(28)8-2-3-9-21/h14-20,22-26,28H,2-13H2,1H3. The first-order valence-electron chi connectivity index (χ1n) is 12.3. The molecule has 3 saturated heterocycles. The average molecular weight is 457 g/mol. The van der Waals surface area contributed by atoms with E-state index in [0.717, 1.165) is 64.3 Å². The van der Waals surface area contributed by atoms with E-state index in [0.29, 0.717) is 31.0 Å². The lowest BCUT2D eigenvalue weighted by Gasteiger charge is -2.42. The van der Waals surface area contributed by atoms with Crippen LogP contribution in [0.4, 0.5) is 0 Å². The van der Waals surface area contributed by atoms with Crippen LogP contribution in [0.1, 0.15) is 64.7 Å². The smallest absolute Gasteiger partial charge is 0.217 e. The fraction of sp³-hybridized carbons (Fsp3) is 1.00. The van der Waals surface area contributed by atoms with E-state index in [9.17, 15) is 13.5 Å². The van der Waals surface area contributed by atoms with Crippen LogP contribution in [-0.4, -0.2) is 73.3 Å². The number of nitrogens with zero attached hydrogens (tertiary/aromatic N) is 1. The van der Waals surface area contributed by atoms with Crippen molar-refractivity contribution in [1.29, 1.82) is 0 Å². The summed E-state index contributed by atoms with van der Waals surface area (Å²) in [5, 5.41) is 16.2. The van der Waals surface area contributed by atoms with Crippen molar-refractivity contribution in [2.75, 3.05) is 19.6 Å². The monoisotopic (exact) mass is 456 g/mol. The molecule has 3 aliphatic heterocycles. The van der Waals surface area contributed by atoms with E-state index < -0.39 is 20.9 Å². The lowest BCUT2D eigenvalue weighted by atomic mass is 9.79. The van der Waals surface area contributed by atoms with E-state index in [1.165, 1.54) is 0 Å². The van der Waals surface area contributed by atoms with Crippen molar-refractivity contribution in [1.82, 2.24) is 31.3 Å². The SMILES string of the molecule is CC1NNC2CCCC(NS(=O)(=O)C3CNN(C4CC(C5(O)CCCC5)CCN4)C3)C12. The Kier molecular flexibility index (Phi) is 6.37. The molecule has 0 amide bonds. The summed E-state index contributed by atoms with van der Waals surface area (Å²) in [7, 11) is -3.42. The predicted octanol–water partition coefficient (Wildman–Crippen LogP) is -0.241. The molecule has 7 unspecified atom stereocenters. The van der Waals surface area contributed by atoms with Gasteiger partial charge in [0.05, 0.1) is 11.8 Å². The summed E-state index contributed by atoms with van der Waals surface area (Å²) < 4.78 is 29.6. The van der Waals surface area contributed by atoms with Crippen molar-refractivity contribution in [3.05, 3.63) is 0 Å². The Morgan fingerprint density at radius 3 is 2.71 bits per heavy atom. The predicted molar refractivity (Wildman–Crippen MR) is 119 cm³/mol. The van der Waals surface area contributed by atoms with Gasteiger partial charge >= 0.3 is 0 Å². The molecule has 0 bridgehead atoms. The molecule has 2 saturated carbocycles. The fourth-order valence-corrected chi connectivity index (χ4v) is 8.44. The lowest BCUT2D eigenvalue weighted by Crippen LogP contribution is -2.56. The van der Waals surface area contributed by atoms with Gasteiger partial charge in [0.25, 0.3) is 0 Å². The van der Waals surface area contributed by atoms with E-state index in [4.69, 9.17) is 0 Å². The first kappa shape index (κ1) is 22.5. The second-order valence-corrected chi connectivity index (χ2v) is 12.6. The zero-order valence-electron chi connectivity index (χ0n) is 18.6. The second-order valence-electron chi connectivity index (χ2n) is 10.6. The number of rotatable bonds is 5. The molecule has 178 valence electrons. The van der Waals surface area contributed by atoms with Gasteiger partial charge in [-0.1, -0.05) is 19.3 Å². The molecule has 31 heavy (non-hydrogen) atoms.